The third-order valence-corrected chi connectivity index (χ3v) is 3.81. The molecule has 130 valence electrons. The van der Waals surface area contributed by atoms with Crippen LogP contribution in [0.25, 0.3) is 0 Å². The highest BCUT2D eigenvalue weighted by molar-refractivity contribution is 6.33. The van der Waals surface area contributed by atoms with Crippen LogP contribution in [0.15, 0.2) is 18.2 Å². The van der Waals surface area contributed by atoms with Crippen LogP contribution in [0.1, 0.15) is 24.2 Å². The molecule has 1 aliphatic rings. The Labute approximate surface area is 143 Å². The molecule has 0 radical (unpaired) electrons. The number of benzene rings is 1. The first-order valence-corrected chi connectivity index (χ1v) is 7.70. The number of nitro groups is 1. The van der Waals surface area contributed by atoms with Gasteiger partial charge >= 0.3 is 5.97 Å². The molecule has 0 spiro atoms. The smallest absolute Gasteiger partial charge is 0.340 e. The largest absolute Gasteiger partial charge is 0.452 e. The molecule has 1 heterocycles. The van der Waals surface area contributed by atoms with E-state index in [9.17, 15) is 19.7 Å². The van der Waals surface area contributed by atoms with E-state index < -0.39 is 17.5 Å². The lowest BCUT2D eigenvalue weighted by molar-refractivity contribution is -0.384. The monoisotopic (exact) mass is 356 g/mol. The Morgan fingerprint density at radius 2 is 2.00 bits per heavy atom. The average Bonchev–Trinajstić information content (AvgIpc) is 2.51. The highest BCUT2D eigenvalue weighted by Crippen LogP contribution is 2.22. The second kappa shape index (κ2) is 7.59. The molecule has 0 unspecified atom stereocenters. The van der Waals surface area contributed by atoms with Crippen molar-refractivity contribution < 1.29 is 24.0 Å². The molecule has 1 aromatic rings. The molecule has 0 aromatic heterocycles. The van der Waals surface area contributed by atoms with Crippen molar-refractivity contribution >= 4 is 29.2 Å². The van der Waals surface area contributed by atoms with Crippen LogP contribution in [0.4, 0.5) is 5.69 Å². The van der Waals surface area contributed by atoms with E-state index >= 15 is 0 Å². The van der Waals surface area contributed by atoms with Crippen molar-refractivity contribution in [3.05, 3.63) is 38.9 Å². The number of ether oxygens (including phenoxy) is 2. The van der Waals surface area contributed by atoms with Gasteiger partial charge in [-0.25, -0.2) is 4.79 Å². The molecule has 1 fully saturated rings. The Bertz CT molecular complexity index is 655. The first-order valence-electron chi connectivity index (χ1n) is 7.32. The molecule has 2 atom stereocenters. The highest BCUT2D eigenvalue weighted by atomic mass is 35.5. The summed E-state index contributed by atoms with van der Waals surface area (Å²) in [7, 11) is 0. The lowest BCUT2D eigenvalue weighted by atomic mass is 10.2. The maximum Gasteiger partial charge on any atom is 0.340 e. The molecular weight excluding hydrogens is 340 g/mol. The van der Waals surface area contributed by atoms with Crippen LogP contribution in [0.3, 0.4) is 0 Å². The molecule has 2 rings (SSSR count). The fraction of sp³-hybridized carbons (Fsp3) is 0.467. The Balaban J connectivity index is 1.99. The first kappa shape index (κ1) is 18.2. The maximum atomic E-state index is 12.1. The Morgan fingerprint density at radius 1 is 1.38 bits per heavy atom. The number of halogens is 1. The van der Waals surface area contributed by atoms with Crippen LogP contribution in [-0.4, -0.2) is 53.6 Å². The van der Waals surface area contributed by atoms with Gasteiger partial charge in [0.25, 0.3) is 11.6 Å². The van der Waals surface area contributed by atoms with Gasteiger partial charge in [-0.2, -0.15) is 0 Å². The summed E-state index contributed by atoms with van der Waals surface area (Å²) < 4.78 is 10.5. The number of amides is 1. The molecule has 1 aliphatic heterocycles. The number of esters is 1. The van der Waals surface area contributed by atoms with Crippen LogP contribution in [0.2, 0.25) is 5.02 Å². The van der Waals surface area contributed by atoms with Crippen LogP contribution in [0, 0.1) is 10.1 Å². The number of nitrogens with zero attached hydrogens (tertiary/aromatic N) is 2. The minimum atomic E-state index is -0.883. The number of hydrogen-bond donors (Lipinski definition) is 0. The number of nitro benzene ring substituents is 1. The molecule has 24 heavy (non-hydrogen) atoms. The first-order chi connectivity index (χ1) is 11.3. The fourth-order valence-electron chi connectivity index (χ4n) is 2.46. The van der Waals surface area contributed by atoms with Gasteiger partial charge in [-0.3, -0.25) is 14.9 Å². The van der Waals surface area contributed by atoms with E-state index in [1.807, 2.05) is 13.8 Å². The molecule has 8 nitrogen and oxygen atoms in total. The molecule has 1 saturated heterocycles. The lowest BCUT2D eigenvalue weighted by Crippen LogP contribution is -2.49. The zero-order valence-electron chi connectivity index (χ0n) is 13.2. The molecular formula is C15H17ClN2O6. The topological polar surface area (TPSA) is 99.0 Å². The second-order valence-electron chi connectivity index (χ2n) is 5.55. The van der Waals surface area contributed by atoms with E-state index in [1.54, 1.807) is 4.90 Å². The van der Waals surface area contributed by atoms with Crippen molar-refractivity contribution in [1.29, 1.82) is 0 Å². The molecule has 1 amide bonds. The van der Waals surface area contributed by atoms with Crippen LogP contribution in [0.5, 0.6) is 0 Å². The van der Waals surface area contributed by atoms with Gasteiger partial charge in [0.15, 0.2) is 6.61 Å². The number of non-ortho nitro benzene ring substituents is 1. The van der Waals surface area contributed by atoms with E-state index in [2.05, 4.69) is 0 Å². The van der Waals surface area contributed by atoms with Crippen molar-refractivity contribution in [3.63, 3.8) is 0 Å². The van der Waals surface area contributed by atoms with Gasteiger partial charge in [-0.05, 0) is 19.9 Å². The molecule has 1 aromatic carbocycles. The van der Waals surface area contributed by atoms with Crippen molar-refractivity contribution in [2.75, 3.05) is 19.7 Å². The summed E-state index contributed by atoms with van der Waals surface area (Å²) in [6, 6.07) is 3.44. The van der Waals surface area contributed by atoms with Crippen molar-refractivity contribution in [2.45, 2.75) is 26.1 Å². The van der Waals surface area contributed by atoms with Gasteiger partial charge in [0.05, 0.1) is 27.7 Å². The summed E-state index contributed by atoms with van der Waals surface area (Å²) in [5, 5.41) is 10.8. The molecule has 0 aliphatic carbocycles. The van der Waals surface area contributed by atoms with Gasteiger partial charge in [0.2, 0.25) is 0 Å². The molecule has 0 N–H and O–H groups in total. The van der Waals surface area contributed by atoms with Crippen LogP contribution < -0.4 is 0 Å². The van der Waals surface area contributed by atoms with Crippen molar-refractivity contribution in [1.82, 2.24) is 4.90 Å². The average molecular weight is 357 g/mol. The summed E-state index contributed by atoms with van der Waals surface area (Å²) in [6.45, 7) is 4.07. The zero-order chi connectivity index (χ0) is 17.9. The number of morpholine rings is 1. The Hall–Kier alpha value is -2.19. The Kier molecular flexibility index (Phi) is 5.74. The fourth-order valence-corrected chi connectivity index (χ4v) is 2.66. The maximum absolute atomic E-state index is 12.1. The van der Waals surface area contributed by atoms with Crippen LogP contribution >= 0.6 is 11.6 Å². The number of carbonyl (C=O) groups is 2. The van der Waals surface area contributed by atoms with Crippen LogP contribution in [-0.2, 0) is 14.3 Å². The minimum Gasteiger partial charge on any atom is -0.452 e. The summed E-state index contributed by atoms with van der Waals surface area (Å²) >= 11 is 5.86. The molecule has 9 heteroatoms. The normalized spacial score (nSPS) is 20.5. The summed E-state index contributed by atoms with van der Waals surface area (Å²) in [5.41, 5.74) is -0.434. The highest BCUT2D eigenvalue weighted by Gasteiger charge is 2.27. The quantitative estimate of drug-likeness (QED) is 0.465. The van der Waals surface area contributed by atoms with Crippen molar-refractivity contribution in [2.24, 2.45) is 0 Å². The van der Waals surface area contributed by atoms with E-state index in [-0.39, 0.29) is 34.4 Å². The lowest BCUT2D eigenvalue weighted by Gasteiger charge is -2.35. The van der Waals surface area contributed by atoms with E-state index in [0.29, 0.717) is 13.1 Å². The molecule has 0 bridgehead atoms. The third kappa shape index (κ3) is 4.42. The second-order valence-corrected chi connectivity index (χ2v) is 5.96. The molecule has 0 saturated carbocycles. The van der Waals surface area contributed by atoms with E-state index in [1.165, 1.54) is 12.1 Å². The summed E-state index contributed by atoms with van der Waals surface area (Å²) in [6.07, 6.45) is -0.195. The van der Waals surface area contributed by atoms with Gasteiger partial charge < -0.3 is 14.4 Å². The van der Waals surface area contributed by atoms with Gasteiger partial charge in [0, 0.05) is 25.2 Å². The van der Waals surface area contributed by atoms with Gasteiger partial charge in [0.1, 0.15) is 0 Å². The van der Waals surface area contributed by atoms with E-state index in [0.717, 1.165) is 6.07 Å². The predicted molar refractivity (Wildman–Crippen MR) is 85.0 cm³/mol. The number of hydrogen-bond acceptors (Lipinski definition) is 6. The SMILES string of the molecule is C[C@@H]1CN(C(=O)COC(=O)c2cc([N+](=O)[O-])ccc2Cl)C[C@@H](C)O1. The van der Waals surface area contributed by atoms with Gasteiger partial charge in [-0.1, -0.05) is 11.6 Å². The number of carbonyl (C=O) groups excluding carboxylic acids is 2. The standard InChI is InChI=1S/C15H17ClN2O6/c1-9-6-17(7-10(2)24-9)14(19)8-23-15(20)12-5-11(18(21)22)3-4-13(12)16/h3-5,9-10H,6-8H2,1-2H3/t9-,10-/m1/s1. The third-order valence-electron chi connectivity index (χ3n) is 3.48. The van der Waals surface area contributed by atoms with Crippen molar-refractivity contribution in [3.8, 4) is 0 Å². The number of rotatable bonds is 4. The van der Waals surface area contributed by atoms with Gasteiger partial charge in [-0.15, -0.1) is 0 Å². The van der Waals surface area contributed by atoms with E-state index in [4.69, 9.17) is 21.1 Å². The summed E-state index contributed by atoms with van der Waals surface area (Å²) in [5.74, 6) is -1.24. The zero-order valence-corrected chi connectivity index (χ0v) is 14.0. The summed E-state index contributed by atoms with van der Waals surface area (Å²) in [4.78, 5) is 35.8. The Morgan fingerprint density at radius 3 is 2.58 bits per heavy atom. The predicted octanol–water partition coefficient (Wildman–Crippen LogP) is 2.04. The minimum absolute atomic E-state index is 0.0201.